The third-order valence-electron chi connectivity index (χ3n) is 0.959. The largest absolute Gasteiger partial charge is 0.551 e. The van der Waals surface area contributed by atoms with Gasteiger partial charge in [-0.1, -0.05) is 0 Å². The van der Waals surface area contributed by atoms with Gasteiger partial charge in [-0.25, -0.2) is 7.11 Å². The van der Waals surface area contributed by atoms with E-state index >= 15 is 0 Å². The van der Waals surface area contributed by atoms with E-state index < -0.39 is 0 Å². The van der Waals surface area contributed by atoms with Gasteiger partial charge in [0.2, 0.25) is 0 Å². The smallest absolute Gasteiger partial charge is 0.177 e. The van der Waals surface area contributed by atoms with E-state index in [4.69, 9.17) is 9.47 Å². The molecule has 0 fully saturated rings. The summed E-state index contributed by atoms with van der Waals surface area (Å²) in [7, 11) is 3.23. The van der Waals surface area contributed by atoms with Gasteiger partial charge < -0.3 is 21.1 Å². The number of ether oxygens (including phenoxy) is 3. The Balaban J connectivity index is -0.000000309. The first kappa shape index (κ1) is 19.5. The summed E-state index contributed by atoms with van der Waals surface area (Å²) in [4.78, 5) is 0. The summed E-state index contributed by atoms with van der Waals surface area (Å²) in [6.07, 6.45) is -0.257. The van der Waals surface area contributed by atoms with Crippen LogP contribution >= 0.6 is 0 Å². The zero-order valence-corrected chi connectivity index (χ0v) is 11.8. The standard InChI is InChI=1S/C7H15O3.C2H5.Y/c1-4-9-7(6-8-3)10-5-2;1-2;/h7H,3-6H2,1-2H3;1H2,2H3;/q2*-1;. The van der Waals surface area contributed by atoms with Crippen molar-refractivity contribution in [3.8, 4) is 0 Å². The maximum atomic E-state index is 5.14. The van der Waals surface area contributed by atoms with E-state index in [1.807, 2.05) is 13.8 Å². The van der Waals surface area contributed by atoms with Crippen LogP contribution in [0.25, 0.3) is 0 Å². The fourth-order valence-electron chi connectivity index (χ4n) is 0.612. The van der Waals surface area contributed by atoms with Gasteiger partial charge in [-0.2, -0.15) is 6.92 Å². The van der Waals surface area contributed by atoms with Crippen LogP contribution in [0.15, 0.2) is 0 Å². The first-order valence-electron chi connectivity index (χ1n) is 4.16. The molecule has 0 aliphatic carbocycles. The fraction of sp³-hybridized carbons (Fsp3) is 0.778. The molecule has 0 atom stereocenters. The van der Waals surface area contributed by atoms with Gasteiger partial charge in [-0.05, 0) is 13.8 Å². The predicted molar refractivity (Wildman–Crippen MR) is 49.4 cm³/mol. The van der Waals surface area contributed by atoms with Gasteiger partial charge in [0.25, 0.3) is 0 Å². The minimum Gasteiger partial charge on any atom is -0.551 e. The Labute approximate surface area is 107 Å². The van der Waals surface area contributed by atoms with Gasteiger partial charge in [0.1, 0.15) is 0 Å². The minimum absolute atomic E-state index is 0. The summed E-state index contributed by atoms with van der Waals surface area (Å²) in [5.74, 6) is 0. The number of rotatable bonds is 6. The van der Waals surface area contributed by atoms with E-state index in [0.717, 1.165) is 0 Å². The molecule has 0 aliphatic rings. The topological polar surface area (TPSA) is 27.7 Å². The van der Waals surface area contributed by atoms with Gasteiger partial charge >= 0.3 is 0 Å². The number of hydrogen-bond donors (Lipinski definition) is 0. The van der Waals surface area contributed by atoms with Crippen molar-refractivity contribution in [1.29, 1.82) is 0 Å². The average Bonchev–Trinajstić information content (AvgIpc) is 2.10. The molecular formula is C9H20O3Y-2. The molecule has 0 aliphatic heterocycles. The zero-order valence-electron chi connectivity index (χ0n) is 8.91. The molecule has 0 aromatic rings. The van der Waals surface area contributed by atoms with Gasteiger partial charge in [0, 0.05) is 45.9 Å². The zero-order chi connectivity index (χ0) is 9.82. The molecule has 0 N–H and O–H groups in total. The molecule has 0 aromatic carbocycles. The van der Waals surface area contributed by atoms with E-state index in [-0.39, 0.29) is 39.0 Å². The molecule has 0 saturated carbocycles. The first-order chi connectivity index (χ1) is 5.85. The Kier molecular flexibility index (Phi) is 28.1. The molecule has 13 heavy (non-hydrogen) atoms. The van der Waals surface area contributed by atoms with Crippen LogP contribution < -0.4 is 0 Å². The summed E-state index contributed by atoms with van der Waals surface area (Å²) in [6, 6.07) is 0. The summed E-state index contributed by atoms with van der Waals surface area (Å²) in [5.41, 5.74) is 0. The third-order valence-corrected chi connectivity index (χ3v) is 0.959. The van der Waals surface area contributed by atoms with Crippen LogP contribution in [0.1, 0.15) is 20.8 Å². The molecular weight excluding hydrogens is 245 g/mol. The van der Waals surface area contributed by atoms with Crippen molar-refractivity contribution < 1.29 is 46.9 Å². The van der Waals surface area contributed by atoms with Crippen molar-refractivity contribution in [2.75, 3.05) is 19.8 Å². The molecule has 4 heteroatoms. The molecule has 1 radical (unpaired) electrons. The Morgan fingerprint density at radius 3 is 1.69 bits per heavy atom. The molecule has 0 aromatic heterocycles. The van der Waals surface area contributed by atoms with Crippen LogP contribution in [0.5, 0.6) is 0 Å². The van der Waals surface area contributed by atoms with Crippen LogP contribution in [0.3, 0.4) is 0 Å². The van der Waals surface area contributed by atoms with E-state index in [9.17, 15) is 0 Å². The van der Waals surface area contributed by atoms with Gasteiger partial charge in [-0.15, -0.1) is 0 Å². The molecule has 3 nitrogen and oxygen atoms in total. The fourth-order valence-corrected chi connectivity index (χ4v) is 0.612. The molecule has 0 amide bonds. The summed E-state index contributed by atoms with van der Waals surface area (Å²) in [6.45, 7) is 10.5. The van der Waals surface area contributed by atoms with Crippen LogP contribution in [0.2, 0.25) is 0 Å². The van der Waals surface area contributed by atoms with Crippen molar-refractivity contribution in [1.82, 2.24) is 0 Å². The van der Waals surface area contributed by atoms with Crippen LogP contribution in [-0.4, -0.2) is 26.1 Å². The van der Waals surface area contributed by atoms with E-state index in [2.05, 4.69) is 18.8 Å². The third kappa shape index (κ3) is 15.7. The van der Waals surface area contributed by atoms with Gasteiger partial charge in [0.05, 0.1) is 6.61 Å². The van der Waals surface area contributed by atoms with Crippen molar-refractivity contribution in [2.45, 2.75) is 27.1 Å². The van der Waals surface area contributed by atoms with Crippen molar-refractivity contribution in [3.63, 3.8) is 0 Å². The van der Waals surface area contributed by atoms with Crippen molar-refractivity contribution >= 4 is 0 Å². The second-order valence-corrected chi connectivity index (χ2v) is 1.71. The molecule has 79 valence electrons. The van der Waals surface area contributed by atoms with E-state index in [1.165, 1.54) is 0 Å². The maximum absolute atomic E-state index is 5.14. The first-order valence-corrected chi connectivity index (χ1v) is 4.16. The molecule has 0 spiro atoms. The van der Waals surface area contributed by atoms with Gasteiger partial charge in [-0.3, -0.25) is 0 Å². The maximum Gasteiger partial charge on any atom is 0.177 e. The SMILES string of the molecule is [CH2-]C.[CH2-]OCC(OCC)OCC.[Y]. The monoisotopic (exact) mass is 265 g/mol. The molecule has 0 rings (SSSR count). The summed E-state index contributed by atoms with van der Waals surface area (Å²) >= 11 is 0. The second-order valence-electron chi connectivity index (χ2n) is 1.71. The Morgan fingerprint density at radius 2 is 1.46 bits per heavy atom. The Morgan fingerprint density at radius 1 is 1.08 bits per heavy atom. The van der Waals surface area contributed by atoms with Crippen molar-refractivity contribution in [2.24, 2.45) is 0 Å². The van der Waals surface area contributed by atoms with E-state index in [1.54, 1.807) is 6.92 Å². The summed E-state index contributed by atoms with van der Waals surface area (Å²) < 4.78 is 14.9. The molecule has 0 heterocycles. The van der Waals surface area contributed by atoms with Crippen molar-refractivity contribution in [3.05, 3.63) is 14.0 Å². The molecule has 0 unspecified atom stereocenters. The molecule has 0 bridgehead atoms. The van der Waals surface area contributed by atoms with Crippen LogP contribution in [-0.2, 0) is 46.9 Å². The summed E-state index contributed by atoms with van der Waals surface area (Å²) in [5, 5.41) is 0. The Hall–Kier alpha value is 0.984. The molecule has 0 saturated heterocycles. The second kappa shape index (κ2) is 18.7. The van der Waals surface area contributed by atoms with Gasteiger partial charge in [0.15, 0.2) is 6.29 Å². The quantitative estimate of drug-likeness (QED) is 0.543. The van der Waals surface area contributed by atoms with E-state index in [0.29, 0.717) is 19.8 Å². The number of hydrogen-bond acceptors (Lipinski definition) is 3. The average molecular weight is 265 g/mol. The van der Waals surface area contributed by atoms with Crippen LogP contribution in [0, 0.1) is 14.0 Å². The predicted octanol–water partition coefficient (Wildman–Crippen LogP) is 2.03. The normalized spacial score (nSPS) is 8.77. The Bertz CT molecular complexity index is 57.6. The minimum atomic E-state index is -0.257. The van der Waals surface area contributed by atoms with Crippen LogP contribution in [0.4, 0.5) is 0 Å².